The van der Waals surface area contributed by atoms with Crippen molar-refractivity contribution in [1.29, 1.82) is 0 Å². The Bertz CT molecular complexity index is 427. The van der Waals surface area contributed by atoms with Gasteiger partial charge in [0.05, 0.1) is 10.2 Å². The van der Waals surface area contributed by atoms with Crippen molar-refractivity contribution in [2.75, 3.05) is 18.4 Å². The molecule has 2 aliphatic carbocycles. The van der Waals surface area contributed by atoms with E-state index >= 15 is 0 Å². The van der Waals surface area contributed by atoms with Crippen molar-refractivity contribution in [2.45, 2.75) is 31.5 Å². The minimum absolute atomic E-state index is 0.0431. The van der Waals surface area contributed by atoms with Crippen LogP contribution in [0.4, 0.5) is 0 Å². The van der Waals surface area contributed by atoms with Gasteiger partial charge in [0.2, 0.25) is 5.91 Å². The van der Waals surface area contributed by atoms with Gasteiger partial charge >= 0.3 is 0 Å². The summed E-state index contributed by atoms with van der Waals surface area (Å²) < 4.78 is 0. The average molecular weight is 396 g/mol. The molecule has 0 radical (unpaired) electrons. The minimum atomic E-state index is -0.660. The first kappa shape index (κ1) is 15.4. The van der Waals surface area contributed by atoms with Crippen LogP contribution in [0.25, 0.3) is 0 Å². The topological polar surface area (TPSA) is 72.2 Å². The summed E-state index contributed by atoms with van der Waals surface area (Å²) in [4.78, 5) is 24.9. The zero-order chi connectivity index (χ0) is 14.5. The molecule has 0 unspecified atom stereocenters. The maximum absolute atomic E-state index is 12.6. The van der Waals surface area contributed by atoms with Gasteiger partial charge in [0.25, 0.3) is 0 Å². The van der Waals surface area contributed by atoms with Gasteiger partial charge in [0.15, 0.2) is 5.78 Å². The van der Waals surface area contributed by atoms with E-state index in [4.69, 9.17) is 5.73 Å². The molecule has 4 nitrogen and oxygen atoms in total. The third-order valence-corrected chi connectivity index (χ3v) is 7.61. The number of carbonyl (C=O) groups excluding carboxylic acids is 2. The van der Waals surface area contributed by atoms with Gasteiger partial charge in [0, 0.05) is 23.8 Å². The predicted molar refractivity (Wildman–Crippen MR) is 81.5 cm³/mol. The highest BCUT2D eigenvalue weighted by molar-refractivity contribution is 9.10. The Labute approximate surface area is 130 Å². The van der Waals surface area contributed by atoms with Crippen LogP contribution in [0.1, 0.15) is 26.7 Å². The summed E-state index contributed by atoms with van der Waals surface area (Å²) in [6.45, 7) is 4.95. The Balaban J connectivity index is 2.46. The molecule has 0 aromatic heterocycles. The highest BCUT2D eigenvalue weighted by Gasteiger charge is 2.77. The zero-order valence-electron chi connectivity index (χ0n) is 11.3. The molecule has 3 atom stereocenters. The van der Waals surface area contributed by atoms with E-state index in [1.54, 1.807) is 0 Å². The molecule has 2 saturated carbocycles. The van der Waals surface area contributed by atoms with Crippen LogP contribution in [0.5, 0.6) is 0 Å². The molecule has 0 spiro atoms. The largest absolute Gasteiger partial charge is 0.354 e. The van der Waals surface area contributed by atoms with Gasteiger partial charge in [0.1, 0.15) is 0 Å². The Morgan fingerprint density at radius 3 is 2.58 bits per heavy atom. The molecule has 0 aromatic carbocycles. The SMILES string of the molecule is CC1(C)[C@]2(CBr)CC[C@@]1(C(=O)NCCN)[C@@H](Br)C2=O. The van der Waals surface area contributed by atoms with Crippen LogP contribution in [0.15, 0.2) is 0 Å². The lowest BCUT2D eigenvalue weighted by Crippen LogP contribution is -2.51. The number of Topliss-reactive ketones (excluding diaryl/α,β-unsaturated/α-hetero) is 1. The number of amides is 1. The van der Waals surface area contributed by atoms with Crippen LogP contribution in [-0.4, -0.2) is 34.9 Å². The maximum Gasteiger partial charge on any atom is 0.228 e. The second-order valence-corrected chi connectivity index (χ2v) is 7.56. The van der Waals surface area contributed by atoms with Gasteiger partial charge in [-0.25, -0.2) is 0 Å². The van der Waals surface area contributed by atoms with Crippen LogP contribution >= 0.6 is 31.9 Å². The predicted octanol–water partition coefficient (Wildman–Crippen LogP) is 1.60. The summed E-state index contributed by atoms with van der Waals surface area (Å²) >= 11 is 7.00. The Morgan fingerprint density at radius 2 is 2.11 bits per heavy atom. The van der Waals surface area contributed by atoms with Crippen molar-refractivity contribution in [2.24, 2.45) is 22.0 Å². The van der Waals surface area contributed by atoms with Crippen LogP contribution in [0, 0.1) is 16.2 Å². The number of hydrogen-bond acceptors (Lipinski definition) is 3. The first-order valence-corrected chi connectivity index (χ1v) is 8.58. The van der Waals surface area contributed by atoms with E-state index in [9.17, 15) is 9.59 Å². The molecule has 1 amide bonds. The number of halogens is 2. The van der Waals surface area contributed by atoms with Crippen LogP contribution < -0.4 is 11.1 Å². The maximum atomic E-state index is 12.6. The molecule has 6 heteroatoms. The molecular formula is C13H20Br2N2O2. The summed E-state index contributed by atoms with van der Waals surface area (Å²) in [5, 5.41) is 3.49. The Kier molecular flexibility index (Phi) is 3.91. The fourth-order valence-electron chi connectivity index (χ4n) is 3.96. The molecule has 0 aromatic rings. The van der Waals surface area contributed by atoms with Crippen molar-refractivity contribution in [3.8, 4) is 0 Å². The molecule has 0 aliphatic heterocycles. The number of hydrogen-bond donors (Lipinski definition) is 2. The number of alkyl halides is 2. The number of nitrogens with one attached hydrogen (secondary N) is 1. The molecule has 2 fully saturated rings. The summed E-state index contributed by atoms with van der Waals surface area (Å²) in [7, 11) is 0. The molecular weight excluding hydrogens is 376 g/mol. The standard InChI is InChI=1S/C13H20Br2N2O2/c1-11(2)12(7-14)3-4-13(11,8(15)9(12)18)10(19)17-6-5-16/h8H,3-7,16H2,1-2H3,(H,17,19)/t8-,12-,13-/m0/s1. The molecule has 2 aliphatic rings. The molecule has 108 valence electrons. The Hall–Kier alpha value is 0.0600. The van der Waals surface area contributed by atoms with E-state index in [0.29, 0.717) is 18.4 Å². The highest BCUT2D eigenvalue weighted by atomic mass is 79.9. The number of ketones is 1. The molecule has 2 rings (SSSR count). The van der Waals surface area contributed by atoms with Crippen molar-refractivity contribution in [3.63, 3.8) is 0 Å². The van der Waals surface area contributed by atoms with Crippen LogP contribution in [0.2, 0.25) is 0 Å². The number of fused-ring (bicyclic) bond motifs is 2. The zero-order valence-corrected chi connectivity index (χ0v) is 14.4. The van der Waals surface area contributed by atoms with Crippen molar-refractivity contribution >= 4 is 43.6 Å². The summed E-state index contributed by atoms with van der Waals surface area (Å²) in [6.07, 6.45) is 1.51. The van der Waals surface area contributed by atoms with Crippen LogP contribution in [-0.2, 0) is 9.59 Å². The van der Waals surface area contributed by atoms with Crippen molar-refractivity contribution < 1.29 is 9.59 Å². The number of carbonyl (C=O) groups is 2. The van der Waals surface area contributed by atoms with Gasteiger partial charge < -0.3 is 11.1 Å². The van der Waals surface area contributed by atoms with E-state index in [1.807, 2.05) is 13.8 Å². The average Bonchev–Trinajstić information content (AvgIpc) is 2.69. The second kappa shape index (κ2) is 4.81. The lowest BCUT2D eigenvalue weighted by atomic mass is 9.64. The smallest absolute Gasteiger partial charge is 0.228 e. The van der Waals surface area contributed by atoms with E-state index < -0.39 is 15.7 Å². The molecule has 0 heterocycles. The third kappa shape index (κ3) is 1.59. The molecule has 2 bridgehead atoms. The molecule has 19 heavy (non-hydrogen) atoms. The van der Waals surface area contributed by atoms with Gasteiger partial charge in [-0.2, -0.15) is 0 Å². The van der Waals surface area contributed by atoms with Gasteiger partial charge in [-0.15, -0.1) is 0 Å². The monoisotopic (exact) mass is 394 g/mol. The van der Waals surface area contributed by atoms with Gasteiger partial charge in [-0.3, -0.25) is 9.59 Å². The number of rotatable bonds is 4. The fraction of sp³-hybridized carbons (Fsp3) is 0.846. The first-order valence-electron chi connectivity index (χ1n) is 6.54. The van der Waals surface area contributed by atoms with E-state index in [1.165, 1.54) is 0 Å². The van der Waals surface area contributed by atoms with Crippen molar-refractivity contribution in [3.05, 3.63) is 0 Å². The molecule has 3 N–H and O–H groups in total. The van der Waals surface area contributed by atoms with Gasteiger partial charge in [-0.1, -0.05) is 45.7 Å². The summed E-state index contributed by atoms with van der Waals surface area (Å²) in [5.74, 6) is 0.113. The molecule has 0 saturated heterocycles. The van der Waals surface area contributed by atoms with Crippen molar-refractivity contribution in [1.82, 2.24) is 5.32 Å². The highest BCUT2D eigenvalue weighted by Crippen LogP contribution is 2.72. The van der Waals surface area contributed by atoms with E-state index in [2.05, 4.69) is 37.2 Å². The fourth-order valence-corrected chi connectivity index (χ4v) is 6.66. The number of nitrogens with two attached hydrogens (primary N) is 1. The summed E-state index contributed by atoms with van der Waals surface area (Å²) in [5.41, 5.74) is 3.98. The first-order chi connectivity index (χ1) is 8.81. The van der Waals surface area contributed by atoms with E-state index in [0.717, 1.165) is 12.8 Å². The third-order valence-electron chi connectivity index (χ3n) is 5.46. The Morgan fingerprint density at radius 1 is 1.47 bits per heavy atom. The van der Waals surface area contributed by atoms with E-state index in [-0.39, 0.29) is 17.1 Å². The van der Waals surface area contributed by atoms with Crippen LogP contribution in [0.3, 0.4) is 0 Å². The minimum Gasteiger partial charge on any atom is -0.354 e. The normalized spacial score (nSPS) is 39.6. The second-order valence-electron chi connectivity index (χ2n) is 6.08. The summed E-state index contributed by atoms with van der Waals surface area (Å²) in [6, 6.07) is 0. The lowest BCUT2D eigenvalue weighted by molar-refractivity contribution is -0.135. The lowest BCUT2D eigenvalue weighted by Gasteiger charge is -2.40. The van der Waals surface area contributed by atoms with Gasteiger partial charge in [-0.05, 0) is 18.3 Å². The quantitative estimate of drug-likeness (QED) is 0.710.